The fourth-order valence-corrected chi connectivity index (χ4v) is 2.56. The van der Waals surface area contributed by atoms with E-state index in [1.807, 2.05) is 36.4 Å². The highest BCUT2D eigenvalue weighted by Gasteiger charge is 2.11. The predicted molar refractivity (Wildman–Crippen MR) is 80.5 cm³/mol. The minimum atomic E-state index is 0.718. The van der Waals surface area contributed by atoms with E-state index in [0.717, 1.165) is 32.7 Å². The molecule has 0 aliphatic carbocycles. The first-order valence-electron chi connectivity index (χ1n) is 6.09. The van der Waals surface area contributed by atoms with E-state index in [0.29, 0.717) is 0 Å². The third-order valence-corrected chi connectivity index (χ3v) is 3.55. The summed E-state index contributed by atoms with van der Waals surface area (Å²) >= 11 is 6.05. The van der Waals surface area contributed by atoms with Crippen LogP contribution < -0.4 is 0 Å². The van der Waals surface area contributed by atoms with Crippen LogP contribution in [0.1, 0.15) is 16.7 Å². The molecule has 0 saturated heterocycles. The number of rotatable bonds is 2. The lowest BCUT2D eigenvalue weighted by molar-refractivity contribution is 0.616. The van der Waals surface area contributed by atoms with Gasteiger partial charge in [-0.05, 0) is 53.5 Å². The summed E-state index contributed by atoms with van der Waals surface area (Å²) in [5.41, 5.74) is 5.17. The molecule has 0 unspecified atom stereocenters. The first-order valence-corrected chi connectivity index (χ1v) is 6.46. The Kier molecular flexibility index (Phi) is 2.92. The van der Waals surface area contributed by atoms with Crippen LogP contribution in [0.15, 0.2) is 59.7 Å². The Morgan fingerprint density at radius 1 is 1.16 bits per heavy atom. The van der Waals surface area contributed by atoms with E-state index in [-0.39, 0.29) is 0 Å². The average Bonchev–Trinajstić information content (AvgIpc) is 2.86. The Hall–Kier alpha value is -1.99. The van der Waals surface area contributed by atoms with E-state index in [1.165, 1.54) is 5.56 Å². The van der Waals surface area contributed by atoms with Crippen LogP contribution in [0.4, 0.5) is 0 Å². The van der Waals surface area contributed by atoms with Gasteiger partial charge in [0, 0.05) is 10.4 Å². The molecule has 2 heteroatoms. The molecule has 19 heavy (non-hydrogen) atoms. The Morgan fingerprint density at radius 2 is 2.00 bits per heavy atom. The minimum Gasteiger partial charge on any atom is -0.464 e. The van der Waals surface area contributed by atoms with E-state index in [1.54, 1.807) is 6.26 Å². The fraction of sp³-hybridized carbons (Fsp3) is 0.0588. The maximum atomic E-state index is 6.05. The molecule has 0 amide bonds. The first kappa shape index (κ1) is 12.1. The van der Waals surface area contributed by atoms with E-state index >= 15 is 0 Å². The Labute approximate surface area is 117 Å². The van der Waals surface area contributed by atoms with Gasteiger partial charge in [0.1, 0.15) is 5.58 Å². The number of halogens is 1. The highest BCUT2D eigenvalue weighted by molar-refractivity contribution is 6.30. The second-order valence-corrected chi connectivity index (χ2v) is 5.02. The molecule has 0 spiro atoms. The van der Waals surface area contributed by atoms with Crippen LogP contribution in [0.3, 0.4) is 0 Å². The Morgan fingerprint density at radius 3 is 2.79 bits per heavy atom. The highest BCUT2D eigenvalue weighted by atomic mass is 35.5. The van der Waals surface area contributed by atoms with Crippen LogP contribution in [0.2, 0.25) is 5.02 Å². The number of hydrogen-bond donors (Lipinski definition) is 0. The van der Waals surface area contributed by atoms with Gasteiger partial charge in [-0.2, -0.15) is 0 Å². The molecule has 0 N–H and O–H groups in total. The fourth-order valence-electron chi connectivity index (χ4n) is 2.37. The average molecular weight is 269 g/mol. The lowest BCUT2D eigenvalue weighted by atomic mass is 9.93. The van der Waals surface area contributed by atoms with Crippen LogP contribution in [-0.2, 0) is 0 Å². The van der Waals surface area contributed by atoms with Crippen molar-refractivity contribution in [3.8, 4) is 0 Å². The van der Waals surface area contributed by atoms with Crippen molar-refractivity contribution in [3.05, 3.63) is 77.0 Å². The Balaban J connectivity index is 2.21. The largest absolute Gasteiger partial charge is 0.464 e. The lowest BCUT2D eigenvalue weighted by Gasteiger charge is -2.11. The standard InChI is InChI=1S/C17H13ClO/c1-11-6-7-16-15(8-9-19-16)17(11)12(2)13-4-3-5-14(18)10-13/h3-10H,2H2,1H3. The van der Waals surface area contributed by atoms with Crippen molar-refractivity contribution in [2.45, 2.75) is 6.92 Å². The third-order valence-electron chi connectivity index (χ3n) is 3.32. The quantitative estimate of drug-likeness (QED) is 0.602. The second kappa shape index (κ2) is 4.60. The van der Waals surface area contributed by atoms with Gasteiger partial charge < -0.3 is 4.42 Å². The lowest BCUT2D eigenvalue weighted by Crippen LogP contribution is -1.91. The van der Waals surface area contributed by atoms with E-state index in [9.17, 15) is 0 Å². The Bertz CT molecular complexity index is 768. The van der Waals surface area contributed by atoms with Crippen molar-refractivity contribution < 1.29 is 4.42 Å². The van der Waals surface area contributed by atoms with Gasteiger partial charge in [-0.15, -0.1) is 0 Å². The monoisotopic (exact) mass is 268 g/mol. The number of benzene rings is 2. The SMILES string of the molecule is C=C(c1cccc(Cl)c1)c1c(C)ccc2occc12. The van der Waals surface area contributed by atoms with Crippen molar-refractivity contribution in [3.63, 3.8) is 0 Å². The van der Waals surface area contributed by atoms with Crippen LogP contribution in [-0.4, -0.2) is 0 Å². The molecule has 1 heterocycles. The summed E-state index contributed by atoms with van der Waals surface area (Å²) in [7, 11) is 0. The molecule has 0 fully saturated rings. The zero-order valence-electron chi connectivity index (χ0n) is 10.6. The second-order valence-electron chi connectivity index (χ2n) is 4.58. The molecule has 94 valence electrons. The van der Waals surface area contributed by atoms with Crippen molar-refractivity contribution >= 4 is 28.1 Å². The summed E-state index contributed by atoms with van der Waals surface area (Å²) < 4.78 is 5.46. The van der Waals surface area contributed by atoms with Crippen molar-refractivity contribution in [2.75, 3.05) is 0 Å². The van der Waals surface area contributed by atoms with Crippen molar-refractivity contribution in [1.29, 1.82) is 0 Å². The number of fused-ring (bicyclic) bond motifs is 1. The number of hydrogen-bond acceptors (Lipinski definition) is 1. The van der Waals surface area contributed by atoms with Gasteiger partial charge in [-0.1, -0.05) is 36.4 Å². The summed E-state index contributed by atoms with van der Waals surface area (Å²) in [5, 5.41) is 1.81. The molecular weight excluding hydrogens is 256 g/mol. The van der Waals surface area contributed by atoms with Crippen LogP contribution in [0.5, 0.6) is 0 Å². The van der Waals surface area contributed by atoms with Crippen LogP contribution >= 0.6 is 11.6 Å². The molecule has 3 rings (SSSR count). The maximum Gasteiger partial charge on any atom is 0.134 e. The number of furan rings is 1. The van der Waals surface area contributed by atoms with Crippen LogP contribution in [0.25, 0.3) is 16.5 Å². The normalized spacial score (nSPS) is 10.8. The summed E-state index contributed by atoms with van der Waals surface area (Å²) in [6.07, 6.45) is 1.71. The van der Waals surface area contributed by atoms with Crippen molar-refractivity contribution in [1.82, 2.24) is 0 Å². The van der Waals surface area contributed by atoms with E-state index in [2.05, 4.69) is 19.6 Å². The maximum absolute atomic E-state index is 6.05. The van der Waals surface area contributed by atoms with Gasteiger partial charge in [0.15, 0.2) is 0 Å². The minimum absolute atomic E-state index is 0.718. The molecular formula is C17H13ClO. The van der Waals surface area contributed by atoms with Crippen molar-refractivity contribution in [2.24, 2.45) is 0 Å². The topological polar surface area (TPSA) is 13.1 Å². The molecule has 0 aliphatic heterocycles. The van der Waals surface area contributed by atoms with Gasteiger partial charge in [0.05, 0.1) is 6.26 Å². The van der Waals surface area contributed by atoms with Gasteiger partial charge in [-0.25, -0.2) is 0 Å². The van der Waals surface area contributed by atoms with Gasteiger partial charge in [0.25, 0.3) is 0 Å². The zero-order valence-corrected chi connectivity index (χ0v) is 11.4. The molecule has 3 aromatic rings. The smallest absolute Gasteiger partial charge is 0.134 e. The summed E-state index contributed by atoms with van der Waals surface area (Å²) in [4.78, 5) is 0. The zero-order chi connectivity index (χ0) is 13.4. The first-order chi connectivity index (χ1) is 9.16. The van der Waals surface area contributed by atoms with Crippen LogP contribution in [0, 0.1) is 6.92 Å². The molecule has 0 atom stereocenters. The molecule has 1 nitrogen and oxygen atoms in total. The molecule has 0 radical (unpaired) electrons. The molecule has 0 saturated carbocycles. The number of aryl methyl sites for hydroxylation is 1. The molecule has 0 bridgehead atoms. The summed E-state index contributed by atoms with van der Waals surface area (Å²) in [6.45, 7) is 6.31. The third kappa shape index (κ3) is 2.06. The molecule has 2 aromatic carbocycles. The van der Waals surface area contributed by atoms with Gasteiger partial charge in [0.2, 0.25) is 0 Å². The van der Waals surface area contributed by atoms with E-state index < -0.39 is 0 Å². The molecule has 1 aromatic heterocycles. The van der Waals surface area contributed by atoms with Gasteiger partial charge >= 0.3 is 0 Å². The summed E-state index contributed by atoms with van der Waals surface area (Å²) in [6, 6.07) is 13.8. The summed E-state index contributed by atoms with van der Waals surface area (Å²) in [5.74, 6) is 0. The molecule has 0 aliphatic rings. The van der Waals surface area contributed by atoms with Gasteiger partial charge in [-0.3, -0.25) is 0 Å². The predicted octanol–water partition coefficient (Wildman–Crippen LogP) is 5.46. The van der Waals surface area contributed by atoms with E-state index in [4.69, 9.17) is 16.0 Å². The highest BCUT2D eigenvalue weighted by Crippen LogP contribution is 2.32.